The van der Waals surface area contributed by atoms with Crippen LogP contribution in [0.4, 0.5) is 0 Å². The summed E-state index contributed by atoms with van der Waals surface area (Å²) >= 11 is 0. The summed E-state index contributed by atoms with van der Waals surface area (Å²) in [5, 5.41) is 3.34. The largest absolute Gasteiger partial charge is 0.345 e. The molecule has 1 unspecified atom stereocenters. The molecule has 0 saturated heterocycles. The fraction of sp³-hybridized carbons (Fsp3) is 0.533. The highest BCUT2D eigenvalue weighted by Gasteiger charge is 2.11. The summed E-state index contributed by atoms with van der Waals surface area (Å²) in [6.07, 6.45) is 2.00. The van der Waals surface area contributed by atoms with Gasteiger partial charge in [-0.05, 0) is 25.3 Å². The Hall–Kier alpha value is -1.35. The van der Waals surface area contributed by atoms with Gasteiger partial charge in [0.25, 0.3) is 0 Å². The van der Waals surface area contributed by atoms with Crippen molar-refractivity contribution >= 4 is 5.91 Å². The maximum Gasteiger partial charge on any atom is 0.236 e. The van der Waals surface area contributed by atoms with Crippen LogP contribution < -0.4 is 5.32 Å². The molecule has 0 bridgehead atoms. The molecule has 0 spiro atoms. The van der Waals surface area contributed by atoms with E-state index in [2.05, 4.69) is 36.5 Å². The smallest absolute Gasteiger partial charge is 0.236 e. The van der Waals surface area contributed by atoms with Crippen molar-refractivity contribution in [1.82, 2.24) is 10.2 Å². The first-order chi connectivity index (χ1) is 8.67. The average Bonchev–Trinajstić information content (AvgIpc) is 2.43. The van der Waals surface area contributed by atoms with Gasteiger partial charge in [-0.15, -0.1) is 0 Å². The molecule has 3 heteroatoms. The lowest BCUT2D eigenvalue weighted by Gasteiger charge is -2.20. The molecule has 18 heavy (non-hydrogen) atoms. The fourth-order valence-corrected chi connectivity index (χ4v) is 1.80. The number of carbonyl (C=O) groups is 1. The highest BCUT2D eigenvalue weighted by Crippen LogP contribution is 2.05. The van der Waals surface area contributed by atoms with Crippen molar-refractivity contribution in [3.63, 3.8) is 0 Å². The minimum Gasteiger partial charge on any atom is -0.345 e. The Morgan fingerprint density at radius 3 is 2.50 bits per heavy atom. The number of carbonyl (C=O) groups excluding carboxylic acids is 1. The van der Waals surface area contributed by atoms with E-state index in [1.807, 2.05) is 20.0 Å². The monoisotopic (exact) mass is 248 g/mol. The van der Waals surface area contributed by atoms with Crippen LogP contribution in [0, 0.1) is 0 Å². The minimum atomic E-state index is 0.156. The summed E-state index contributed by atoms with van der Waals surface area (Å²) in [6, 6.07) is 10.8. The van der Waals surface area contributed by atoms with E-state index in [1.165, 1.54) is 5.56 Å². The maximum absolute atomic E-state index is 11.7. The zero-order valence-electron chi connectivity index (χ0n) is 11.6. The Bertz CT molecular complexity index is 351. The van der Waals surface area contributed by atoms with E-state index in [0.717, 1.165) is 19.4 Å². The van der Waals surface area contributed by atoms with E-state index in [1.54, 1.807) is 4.90 Å². The van der Waals surface area contributed by atoms with Crippen molar-refractivity contribution in [3.05, 3.63) is 35.9 Å². The number of rotatable bonds is 7. The molecule has 1 rings (SSSR count). The molecule has 100 valence electrons. The third kappa shape index (κ3) is 4.88. The first kappa shape index (κ1) is 14.7. The molecule has 0 aliphatic heterocycles. The highest BCUT2D eigenvalue weighted by atomic mass is 16.2. The summed E-state index contributed by atoms with van der Waals surface area (Å²) in [5.41, 5.74) is 1.31. The van der Waals surface area contributed by atoms with Crippen molar-refractivity contribution < 1.29 is 4.79 Å². The summed E-state index contributed by atoms with van der Waals surface area (Å²) in [6.45, 7) is 5.32. The Labute approximate surface area is 110 Å². The number of amides is 1. The second-order valence-electron chi connectivity index (χ2n) is 4.58. The maximum atomic E-state index is 11.7. The summed E-state index contributed by atoms with van der Waals surface area (Å²) in [7, 11) is 1.84. The van der Waals surface area contributed by atoms with Crippen molar-refractivity contribution in [2.24, 2.45) is 0 Å². The number of likely N-dealkylation sites (N-methyl/N-ethyl adjacent to an activating group) is 1. The van der Waals surface area contributed by atoms with Gasteiger partial charge in [0, 0.05) is 19.6 Å². The molecule has 0 fully saturated rings. The van der Waals surface area contributed by atoms with Crippen molar-refractivity contribution in [2.75, 3.05) is 20.1 Å². The topological polar surface area (TPSA) is 32.3 Å². The number of hydrogen-bond acceptors (Lipinski definition) is 2. The van der Waals surface area contributed by atoms with Crippen LogP contribution in [0.25, 0.3) is 0 Å². The van der Waals surface area contributed by atoms with Crippen LogP contribution in [0.5, 0.6) is 0 Å². The Morgan fingerprint density at radius 1 is 1.28 bits per heavy atom. The first-order valence-corrected chi connectivity index (χ1v) is 6.68. The van der Waals surface area contributed by atoms with E-state index >= 15 is 0 Å². The van der Waals surface area contributed by atoms with Gasteiger partial charge >= 0.3 is 0 Å². The van der Waals surface area contributed by atoms with Crippen molar-refractivity contribution in [3.8, 4) is 0 Å². The van der Waals surface area contributed by atoms with E-state index in [0.29, 0.717) is 12.6 Å². The van der Waals surface area contributed by atoms with Gasteiger partial charge in [0.15, 0.2) is 0 Å². The standard InChI is InChI=1S/C15H24N2O/c1-4-14(11-13-9-7-6-8-10-13)16-12-15(18)17(3)5-2/h6-10,14,16H,4-5,11-12H2,1-3H3. The summed E-state index contributed by atoms with van der Waals surface area (Å²) < 4.78 is 0. The molecule has 0 saturated carbocycles. The zero-order valence-corrected chi connectivity index (χ0v) is 11.6. The zero-order chi connectivity index (χ0) is 13.4. The first-order valence-electron chi connectivity index (χ1n) is 6.68. The molecular weight excluding hydrogens is 224 g/mol. The van der Waals surface area contributed by atoms with Crippen LogP contribution >= 0.6 is 0 Å². The Morgan fingerprint density at radius 2 is 1.94 bits per heavy atom. The van der Waals surface area contributed by atoms with Gasteiger partial charge < -0.3 is 10.2 Å². The van der Waals surface area contributed by atoms with Gasteiger partial charge in [0.2, 0.25) is 5.91 Å². The van der Waals surface area contributed by atoms with E-state index in [9.17, 15) is 4.79 Å². The van der Waals surface area contributed by atoms with Gasteiger partial charge in [0.1, 0.15) is 0 Å². The normalized spacial score (nSPS) is 12.2. The molecular formula is C15H24N2O. The van der Waals surface area contributed by atoms with E-state index in [-0.39, 0.29) is 5.91 Å². The highest BCUT2D eigenvalue weighted by molar-refractivity contribution is 5.77. The number of nitrogens with zero attached hydrogens (tertiary/aromatic N) is 1. The Balaban J connectivity index is 2.41. The van der Waals surface area contributed by atoms with Gasteiger partial charge in [-0.1, -0.05) is 37.3 Å². The molecule has 0 radical (unpaired) electrons. The molecule has 0 aliphatic rings. The van der Waals surface area contributed by atoms with Gasteiger partial charge in [0.05, 0.1) is 6.54 Å². The lowest BCUT2D eigenvalue weighted by molar-refractivity contribution is -0.128. The van der Waals surface area contributed by atoms with Crippen molar-refractivity contribution in [2.45, 2.75) is 32.7 Å². The minimum absolute atomic E-state index is 0.156. The quantitative estimate of drug-likeness (QED) is 0.801. The SMILES string of the molecule is CCC(Cc1ccccc1)NCC(=O)N(C)CC. The molecule has 1 aromatic rings. The van der Waals surface area contributed by atoms with Crippen LogP contribution in [-0.2, 0) is 11.2 Å². The molecule has 0 aliphatic carbocycles. The second-order valence-corrected chi connectivity index (χ2v) is 4.58. The Kier molecular flexibility index (Phi) is 6.44. The van der Waals surface area contributed by atoms with Gasteiger partial charge in [-0.2, -0.15) is 0 Å². The lowest BCUT2D eigenvalue weighted by Crippen LogP contribution is -2.40. The molecule has 1 atom stereocenters. The van der Waals surface area contributed by atoms with Crippen LogP contribution in [0.3, 0.4) is 0 Å². The van der Waals surface area contributed by atoms with Gasteiger partial charge in [-0.25, -0.2) is 0 Å². The van der Waals surface area contributed by atoms with Crippen LogP contribution in [-0.4, -0.2) is 37.0 Å². The van der Waals surface area contributed by atoms with Crippen LogP contribution in [0.15, 0.2) is 30.3 Å². The third-order valence-electron chi connectivity index (χ3n) is 3.26. The summed E-state index contributed by atoms with van der Waals surface area (Å²) in [4.78, 5) is 13.4. The molecule has 0 heterocycles. The summed E-state index contributed by atoms with van der Waals surface area (Å²) in [5.74, 6) is 0.156. The van der Waals surface area contributed by atoms with Crippen LogP contribution in [0.1, 0.15) is 25.8 Å². The third-order valence-corrected chi connectivity index (χ3v) is 3.26. The molecule has 0 aromatic heterocycles. The number of hydrogen-bond donors (Lipinski definition) is 1. The number of benzene rings is 1. The predicted octanol–water partition coefficient (Wildman–Crippen LogP) is 2.08. The second kappa shape index (κ2) is 7.88. The predicted molar refractivity (Wildman–Crippen MR) is 75.5 cm³/mol. The van der Waals surface area contributed by atoms with Crippen molar-refractivity contribution in [1.29, 1.82) is 0 Å². The molecule has 1 amide bonds. The average molecular weight is 248 g/mol. The van der Waals surface area contributed by atoms with Gasteiger partial charge in [-0.3, -0.25) is 4.79 Å². The lowest BCUT2D eigenvalue weighted by atomic mass is 10.0. The van der Waals surface area contributed by atoms with E-state index in [4.69, 9.17) is 0 Å². The molecule has 3 nitrogen and oxygen atoms in total. The van der Waals surface area contributed by atoms with E-state index < -0.39 is 0 Å². The molecule has 1 N–H and O–H groups in total. The molecule has 1 aromatic carbocycles. The van der Waals surface area contributed by atoms with Crippen LogP contribution in [0.2, 0.25) is 0 Å². The number of nitrogens with one attached hydrogen (secondary N) is 1. The fourth-order valence-electron chi connectivity index (χ4n) is 1.80.